The van der Waals surface area contributed by atoms with Crippen molar-refractivity contribution in [3.8, 4) is 6.07 Å². The van der Waals surface area contributed by atoms with Gasteiger partial charge in [0.25, 0.3) is 5.56 Å². The quantitative estimate of drug-likeness (QED) is 0.917. The van der Waals surface area contributed by atoms with Crippen molar-refractivity contribution in [3.63, 3.8) is 0 Å². The lowest BCUT2D eigenvalue weighted by molar-refractivity contribution is 0.857. The van der Waals surface area contributed by atoms with Crippen LogP contribution < -0.4 is 5.56 Å². The molecule has 0 unspecified atom stereocenters. The highest BCUT2D eigenvalue weighted by molar-refractivity contribution is 7.11. The third kappa shape index (κ3) is 3.89. The maximum atomic E-state index is 11.7. The maximum absolute atomic E-state index is 11.7. The van der Waals surface area contributed by atoms with E-state index in [2.05, 4.69) is 23.0 Å². The van der Waals surface area contributed by atoms with Crippen LogP contribution in [0.25, 0.3) is 11.6 Å². The number of thiophene rings is 1. The van der Waals surface area contributed by atoms with E-state index < -0.39 is 0 Å². The second-order valence-electron chi connectivity index (χ2n) is 4.71. The topological polar surface area (TPSA) is 69.5 Å². The number of hydrogen-bond donors (Lipinski definition) is 1. The standard InChI is InChI=1S/C16H17N3OS/c1-3-5-13-8-15(20)19-16(18-13)12(4-2)7-14-6-11(9-17)10-21-14/h6-8,10H,3-5H2,1-2H3,(H,18,19,20)/b12-7+. The summed E-state index contributed by atoms with van der Waals surface area (Å²) in [7, 11) is 0. The third-order valence-electron chi connectivity index (χ3n) is 3.05. The van der Waals surface area contributed by atoms with Gasteiger partial charge >= 0.3 is 0 Å². The fourth-order valence-electron chi connectivity index (χ4n) is 2.04. The predicted molar refractivity (Wildman–Crippen MR) is 86.0 cm³/mol. The number of nitriles is 1. The van der Waals surface area contributed by atoms with Crippen LogP contribution in [0.5, 0.6) is 0 Å². The van der Waals surface area contributed by atoms with Crippen molar-refractivity contribution in [2.45, 2.75) is 33.1 Å². The number of hydrogen-bond acceptors (Lipinski definition) is 4. The molecule has 2 rings (SSSR count). The summed E-state index contributed by atoms with van der Waals surface area (Å²) in [6.45, 7) is 4.09. The Labute approximate surface area is 127 Å². The van der Waals surface area contributed by atoms with Gasteiger partial charge in [0.2, 0.25) is 0 Å². The van der Waals surface area contributed by atoms with Crippen LogP contribution in [-0.2, 0) is 6.42 Å². The average Bonchev–Trinajstić information content (AvgIpc) is 2.92. The highest BCUT2D eigenvalue weighted by atomic mass is 32.1. The molecule has 0 bridgehead atoms. The van der Waals surface area contributed by atoms with E-state index in [1.807, 2.05) is 24.4 Å². The molecule has 108 valence electrons. The lowest BCUT2D eigenvalue weighted by Crippen LogP contribution is -2.12. The van der Waals surface area contributed by atoms with Gasteiger partial charge in [0.05, 0.1) is 5.56 Å². The van der Waals surface area contributed by atoms with Crippen LogP contribution in [0.1, 0.15) is 48.6 Å². The molecule has 0 amide bonds. The predicted octanol–water partition coefficient (Wildman–Crippen LogP) is 3.61. The number of nitrogens with zero attached hydrogens (tertiary/aromatic N) is 2. The summed E-state index contributed by atoms with van der Waals surface area (Å²) in [4.78, 5) is 20.1. The van der Waals surface area contributed by atoms with Crippen LogP contribution in [0.3, 0.4) is 0 Å². The van der Waals surface area contributed by atoms with Crippen molar-refractivity contribution in [1.82, 2.24) is 9.97 Å². The number of aryl methyl sites for hydroxylation is 1. The van der Waals surface area contributed by atoms with E-state index in [0.717, 1.165) is 35.4 Å². The number of aromatic nitrogens is 2. The molecule has 0 radical (unpaired) electrons. The Hall–Kier alpha value is -2.19. The first-order valence-corrected chi connectivity index (χ1v) is 7.84. The molecule has 0 aliphatic rings. The zero-order valence-corrected chi connectivity index (χ0v) is 13.0. The molecule has 0 spiro atoms. The molecule has 5 heteroatoms. The summed E-state index contributed by atoms with van der Waals surface area (Å²) in [6.07, 6.45) is 4.50. The molecule has 1 N–H and O–H groups in total. The van der Waals surface area contributed by atoms with Crippen molar-refractivity contribution in [2.24, 2.45) is 0 Å². The van der Waals surface area contributed by atoms with Crippen LogP contribution in [0.15, 0.2) is 22.3 Å². The Morgan fingerprint density at radius 3 is 2.90 bits per heavy atom. The third-order valence-corrected chi connectivity index (χ3v) is 3.93. The first kappa shape index (κ1) is 15.2. The molecule has 0 saturated heterocycles. The van der Waals surface area contributed by atoms with E-state index in [-0.39, 0.29) is 5.56 Å². The Morgan fingerprint density at radius 2 is 2.29 bits per heavy atom. The summed E-state index contributed by atoms with van der Waals surface area (Å²) in [5.41, 5.74) is 2.32. The molecule has 0 aromatic carbocycles. The lowest BCUT2D eigenvalue weighted by Gasteiger charge is -2.06. The van der Waals surface area contributed by atoms with Gasteiger partial charge in [0.1, 0.15) is 11.9 Å². The van der Waals surface area contributed by atoms with E-state index in [1.54, 1.807) is 6.07 Å². The minimum Gasteiger partial charge on any atom is -0.307 e. The summed E-state index contributed by atoms with van der Waals surface area (Å²) in [5, 5.41) is 10.7. The van der Waals surface area contributed by atoms with Crippen LogP contribution >= 0.6 is 11.3 Å². The molecule has 2 heterocycles. The number of rotatable bonds is 5. The monoisotopic (exact) mass is 299 g/mol. The van der Waals surface area contributed by atoms with Gasteiger partial charge in [-0.05, 0) is 30.6 Å². The van der Waals surface area contributed by atoms with Gasteiger partial charge in [-0.1, -0.05) is 20.3 Å². The van der Waals surface area contributed by atoms with Crippen LogP contribution in [0.4, 0.5) is 0 Å². The Kier molecular flexibility index (Phi) is 5.07. The SMILES string of the molecule is CCCc1cc(=O)[nH]c(/C(=C/c2cc(C#N)cs2)CC)n1. The van der Waals surface area contributed by atoms with Gasteiger partial charge in [-0.15, -0.1) is 11.3 Å². The molecule has 0 fully saturated rings. The van der Waals surface area contributed by atoms with Gasteiger partial charge in [-0.2, -0.15) is 5.26 Å². The largest absolute Gasteiger partial charge is 0.307 e. The molecular formula is C16H17N3OS. The molecule has 2 aromatic rings. The van der Waals surface area contributed by atoms with Gasteiger partial charge < -0.3 is 4.98 Å². The Bertz CT molecular complexity index is 749. The first-order valence-electron chi connectivity index (χ1n) is 6.96. The van der Waals surface area contributed by atoms with Crippen molar-refractivity contribution < 1.29 is 0 Å². The fourth-order valence-corrected chi connectivity index (χ4v) is 2.83. The normalized spacial score (nSPS) is 11.4. The van der Waals surface area contributed by atoms with Gasteiger partial charge in [0.15, 0.2) is 0 Å². The highest BCUT2D eigenvalue weighted by Crippen LogP contribution is 2.22. The van der Waals surface area contributed by atoms with E-state index in [1.165, 1.54) is 11.3 Å². The van der Waals surface area contributed by atoms with Crippen LogP contribution in [0, 0.1) is 11.3 Å². The van der Waals surface area contributed by atoms with Gasteiger partial charge in [-0.3, -0.25) is 4.79 Å². The van der Waals surface area contributed by atoms with Crippen molar-refractivity contribution >= 4 is 23.0 Å². The minimum atomic E-state index is -0.119. The lowest BCUT2D eigenvalue weighted by atomic mass is 10.1. The number of H-pyrrole nitrogens is 1. The highest BCUT2D eigenvalue weighted by Gasteiger charge is 2.07. The van der Waals surface area contributed by atoms with Gasteiger partial charge in [-0.25, -0.2) is 4.98 Å². The number of allylic oxidation sites excluding steroid dienone is 1. The zero-order chi connectivity index (χ0) is 15.2. The fraction of sp³-hybridized carbons (Fsp3) is 0.312. The second kappa shape index (κ2) is 7.00. The van der Waals surface area contributed by atoms with Crippen molar-refractivity contribution in [2.75, 3.05) is 0 Å². The van der Waals surface area contributed by atoms with E-state index in [4.69, 9.17) is 5.26 Å². The van der Waals surface area contributed by atoms with Gasteiger partial charge in [0, 0.05) is 22.0 Å². The van der Waals surface area contributed by atoms with Crippen molar-refractivity contribution in [1.29, 1.82) is 5.26 Å². The number of nitrogens with one attached hydrogen (secondary N) is 1. The van der Waals surface area contributed by atoms with Crippen LogP contribution in [-0.4, -0.2) is 9.97 Å². The Morgan fingerprint density at radius 1 is 1.48 bits per heavy atom. The van der Waals surface area contributed by atoms with Crippen LogP contribution in [0.2, 0.25) is 0 Å². The molecule has 21 heavy (non-hydrogen) atoms. The number of aromatic amines is 1. The van der Waals surface area contributed by atoms with E-state index in [9.17, 15) is 4.79 Å². The minimum absolute atomic E-state index is 0.119. The molecule has 0 saturated carbocycles. The summed E-state index contributed by atoms with van der Waals surface area (Å²) >= 11 is 1.51. The molecular weight excluding hydrogens is 282 g/mol. The average molecular weight is 299 g/mol. The Balaban J connectivity index is 2.41. The molecule has 4 nitrogen and oxygen atoms in total. The summed E-state index contributed by atoms with van der Waals surface area (Å²) in [5.74, 6) is 0.625. The zero-order valence-electron chi connectivity index (χ0n) is 12.1. The summed E-state index contributed by atoms with van der Waals surface area (Å²) in [6, 6.07) is 5.52. The summed E-state index contributed by atoms with van der Waals surface area (Å²) < 4.78 is 0. The molecule has 0 aliphatic heterocycles. The maximum Gasteiger partial charge on any atom is 0.251 e. The smallest absolute Gasteiger partial charge is 0.251 e. The molecule has 2 aromatic heterocycles. The first-order chi connectivity index (χ1) is 10.2. The molecule has 0 aliphatic carbocycles. The van der Waals surface area contributed by atoms with E-state index >= 15 is 0 Å². The van der Waals surface area contributed by atoms with Crippen molar-refractivity contribution in [3.05, 3.63) is 49.8 Å². The molecule has 0 atom stereocenters. The van der Waals surface area contributed by atoms with E-state index in [0.29, 0.717) is 11.4 Å². The second-order valence-corrected chi connectivity index (χ2v) is 5.65.